The molecule has 3 N–H and O–H groups in total. The van der Waals surface area contributed by atoms with E-state index >= 15 is 0 Å². The Hall–Kier alpha value is -3.76. The summed E-state index contributed by atoms with van der Waals surface area (Å²) in [6.07, 6.45) is 5.98. The topological polar surface area (TPSA) is 136 Å². The third-order valence-electron chi connectivity index (χ3n) is 7.52. The van der Waals surface area contributed by atoms with Gasteiger partial charge in [-0.1, -0.05) is 36.4 Å². The van der Waals surface area contributed by atoms with E-state index in [1.165, 1.54) is 5.56 Å². The molecule has 0 spiro atoms. The van der Waals surface area contributed by atoms with Crippen molar-refractivity contribution in [2.75, 3.05) is 33.2 Å². The minimum absolute atomic E-state index is 0.0940. The normalized spacial score (nSPS) is 20.9. The first-order valence-electron chi connectivity index (χ1n) is 12.6. The number of benzene rings is 1. The second-order valence-electron chi connectivity index (χ2n) is 9.76. The molecule has 1 amide bonds. The summed E-state index contributed by atoms with van der Waals surface area (Å²) in [7, 11) is 2.02. The monoisotopic (exact) mass is 524 g/mol. The van der Waals surface area contributed by atoms with Crippen molar-refractivity contribution in [2.45, 2.75) is 37.7 Å². The third kappa shape index (κ3) is 6.20. The van der Waals surface area contributed by atoms with Crippen molar-refractivity contribution in [2.24, 2.45) is 5.92 Å². The van der Waals surface area contributed by atoms with Crippen molar-refractivity contribution in [1.82, 2.24) is 19.2 Å². The van der Waals surface area contributed by atoms with E-state index in [9.17, 15) is 9.90 Å². The smallest absolute Gasteiger partial charge is 0.290 e. The zero-order valence-electron chi connectivity index (χ0n) is 21.8. The number of amides is 1. The first-order valence-corrected chi connectivity index (χ1v) is 12.6. The summed E-state index contributed by atoms with van der Waals surface area (Å²) < 4.78 is 2.11. The van der Waals surface area contributed by atoms with Crippen molar-refractivity contribution in [3.63, 3.8) is 0 Å². The molecule has 4 heterocycles. The van der Waals surface area contributed by atoms with Crippen LogP contribution in [0.4, 0.5) is 0 Å². The molecule has 2 aliphatic rings. The number of nitrogens with zero attached hydrogens (tertiary/aromatic N) is 4. The minimum Gasteiger partial charge on any atom is -0.483 e. The zero-order valence-corrected chi connectivity index (χ0v) is 21.8. The van der Waals surface area contributed by atoms with Crippen molar-refractivity contribution < 1.29 is 29.7 Å². The fraction of sp³-hybridized carbons (Fsp3) is 0.429. The molecule has 5 rings (SSSR count). The van der Waals surface area contributed by atoms with Gasteiger partial charge in [0.05, 0.1) is 17.7 Å². The van der Waals surface area contributed by atoms with E-state index in [1.54, 1.807) is 0 Å². The number of likely N-dealkylation sites (tertiary alicyclic amines) is 2. The Morgan fingerprint density at radius 1 is 1.03 bits per heavy atom. The Kier molecular flexibility index (Phi) is 9.98. The van der Waals surface area contributed by atoms with Crippen LogP contribution in [0.3, 0.4) is 0 Å². The second kappa shape index (κ2) is 13.2. The van der Waals surface area contributed by atoms with E-state index in [-0.39, 0.29) is 30.2 Å². The highest BCUT2D eigenvalue weighted by atomic mass is 16.3. The Bertz CT molecular complexity index is 1200. The molecular formula is C28H36N4O6. The molecule has 2 aromatic heterocycles. The molecule has 10 heteroatoms. The van der Waals surface area contributed by atoms with Gasteiger partial charge in [-0.2, -0.15) is 0 Å². The third-order valence-corrected chi connectivity index (χ3v) is 7.52. The number of carbonyl (C=O) groups excluding carboxylic acids is 1. The van der Waals surface area contributed by atoms with Crippen molar-refractivity contribution in [3.05, 3.63) is 71.7 Å². The largest absolute Gasteiger partial charge is 0.483 e. The van der Waals surface area contributed by atoms with Gasteiger partial charge in [-0.25, -0.2) is 4.98 Å². The number of pyridine rings is 1. The molecule has 0 saturated carbocycles. The van der Waals surface area contributed by atoms with E-state index in [2.05, 4.69) is 65.0 Å². The number of carbonyl (C=O) groups is 3. The van der Waals surface area contributed by atoms with Gasteiger partial charge >= 0.3 is 0 Å². The van der Waals surface area contributed by atoms with Gasteiger partial charge < -0.3 is 29.5 Å². The minimum atomic E-state index is -0.541. The molecule has 38 heavy (non-hydrogen) atoms. The van der Waals surface area contributed by atoms with Crippen LogP contribution in [0, 0.1) is 12.8 Å². The Balaban J connectivity index is 0.000000611. The van der Waals surface area contributed by atoms with Crippen LogP contribution >= 0.6 is 0 Å². The number of piperidine rings is 2. The summed E-state index contributed by atoms with van der Waals surface area (Å²) >= 11 is 0. The summed E-state index contributed by atoms with van der Waals surface area (Å²) in [6.45, 7) is 4.41. The quantitative estimate of drug-likeness (QED) is 0.444. The van der Waals surface area contributed by atoms with Gasteiger partial charge in [-0.05, 0) is 50.4 Å². The van der Waals surface area contributed by atoms with E-state index in [1.807, 2.05) is 18.0 Å². The van der Waals surface area contributed by atoms with Gasteiger partial charge in [0, 0.05) is 44.0 Å². The summed E-state index contributed by atoms with van der Waals surface area (Å²) in [6, 6.07) is 14.7. The van der Waals surface area contributed by atoms with Crippen LogP contribution in [0.2, 0.25) is 0 Å². The average Bonchev–Trinajstić information content (AvgIpc) is 3.38. The Morgan fingerprint density at radius 3 is 2.26 bits per heavy atom. The van der Waals surface area contributed by atoms with Gasteiger partial charge in [-0.3, -0.25) is 14.4 Å². The Morgan fingerprint density at radius 2 is 1.66 bits per heavy atom. The fourth-order valence-electron chi connectivity index (χ4n) is 5.52. The van der Waals surface area contributed by atoms with Gasteiger partial charge in [0.1, 0.15) is 5.65 Å². The molecule has 2 atom stereocenters. The van der Waals surface area contributed by atoms with Crippen LogP contribution < -0.4 is 0 Å². The van der Waals surface area contributed by atoms with Crippen LogP contribution in [0.15, 0.2) is 54.9 Å². The lowest BCUT2D eigenvalue weighted by Gasteiger charge is -2.43. The lowest BCUT2D eigenvalue weighted by atomic mass is 9.70. The number of aromatic nitrogens is 2. The Labute approximate surface area is 222 Å². The van der Waals surface area contributed by atoms with Crippen LogP contribution in [-0.2, 0) is 19.8 Å². The average molecular weight is 525 g/mol. The molecule has 204 valence electrons. The van der Waals surface area contributed by atoms with Crippen LogP contribution in [-0.4, -0.2) is 92.7 Å². The van der Waals surface area contributed by atoms with Crippen LogP contribution in [0.5, 0.6) is 0 Å². The molecule has 0 radical (unpaired) electrons. The SMILES string of the molecule is Cc1cccn2cc(C3(c4ccccc4)CCN(C(=O)[C@@H]4CN(C)CC[C@@H]4O)CC3)nc12.O=CO.O=CO. The van der Waals surface area contributed by atoms with Crippen LogP contribution in [0.25, 0.3) is 5.65 Å². The number of hydrogen-bond donors (Lipinski definition) is 3. The number of fused-ring (bicyclic) bond motifs is 1. The molecule has 0 bridgehead atoms. The van der Waals surface area contributed by atoms with Crippen molar-refractivity contribution in [1.29, 1.82) is 0 Å². The first kappa shape index (κ1) is 28.8. The molecule has 0 unspecified atom stereocenters. The molecule has 0 aliphatic carbocycles. The first-order chi connectivity index (χ1) is 18.3. The van der Waals surface area contributed by atoms with Crippen molar-refractivity contribution in [3.8, 4) is 0 Å². The molecule has 2 saturated heterocycles. The van der Waals surface area contributed by atoms with E-state index < -0.39 is 6.10 Å². The van der Waals surface area contributed by atoms with Gasteiger partial charge in [0.25, 0.3) is 12.9 Å². The number of aliphatic hydroxyl groups is 1. The van der Waals surface area contributed by atoms with E-state index in [0.717, 1.165) is 36.3 Å². The molecule has 3 aromatic rings. The van der Waals surface area contributed by atoms with Gasteiger partial charge in [0.2, 0.25) is 5.91 Å². The highest BCUT2D eigenvalue weighted by Crippen LogP contribution is 2.42. The number of hydrogen-bond acceptors (Lipinski definition) is 6. The molecule has 2 fully saturated rings. The zero-order chi connectivity index (χ0) is 27.7. The van der Waals surface area contributed by atoms with Crippen molar-refractivity contribution >= 4 is 24.5 Å². The van der Waals surface area contributed by atoms with Gasteiger partial charge in [0.15, 0.2) is 0 Å². The maximum atomic E-state index is 13.3. The maximum Gasteiger partial charge on any atom is 0.290 e. The fourth-order valence-corrected chi connectivity index (χ4v) is 5.52. The molecule has 2 aliphatic heterocycles. The number of rotatable bonds is 3. The van der Waals surface area contributed by atoms with Gasteiger partial charge in [-0.15, -0.1) is 0 Å². The predicted molar refractivity (Wildman–Crippen MR) is 142 cm³/mol. The summed E-state index contributed by atoms with van der Waals surface area (Å²) in [5.41, 5.74) is 4.25. The molecule has 1 aromatic carbocycles. The summed E-state index contributed by atoms with van der Waals surface area (Å²) in [4.78, 5) is 39.2. The molecule has 10 nitrogen and oxygen atoms in total. The number of aryl methyl sites for hydroxylation is 1. The summed E-state index contributed by atoms with van der Waals surface area (Å²) in [5, 5.41) is 24.2. The number of carboxylic acid groups (broad SMARTS) is 2. The lowest BCUT2D eigenvalue weighted by molar-refractivity contribution is -0.143. The number of imidazole rings is 1. The van der Waals surface area contributed by atoms with E-state index in [0.29, 0.717) is 26.1 Å². The maximum absolute atomic E-state index is 13.3. The second-order valence-corrected chi connectivity index (χ2v) is 9.76. The highest BCUT2D eigenvalue weighted by molar-refractivity contribution is 5.80. The summed E-state index contributed by atoms with van der Waals surface area (Å²) in [5.74, 6) is -0.229. The standard InChI is InChI=1S/C26H32N4O2.2CH2O2/c1-19-7-6-13-30-18-23(27-24(19)30)26(20-8-4-3-5-9-20)11-15-29(16-12-26)25(32)21-17-28(2)14-10-22(21)31;2*2-1-3/h3-9,13,18,21-22,31H,10-12,14-17H2,1-2H3;2*1H,(H,2,3)/t21-,22+;;/m1../s1. The highest BCUT2D eigenvalue weighted by Gasteiger charge is 2.43. The lowest BCUT2D eigenvalue weighted by Crippen LogP contribution is -2.53. The van der Waals surface area contributed by atoms with E-state index in [4.69, 9.17) is 24.8 Å². The molecular weight excluding hydrogens is 488 g/mol. The predicted octanol–water partition coefficient (Wildman–Crippen LogP) is 2.27. The number of aliphatic hydroxyl groups excluding tert-OH is 1. The van der Waals surface area contributed by atoms with Crippen LogP contribution in [0.1, 0.15) is 36.1 Å².